The van der Waals surface area contributed by atoms with Crippen LogP contribution >= 0.6 is 11.6 Å². The van der Waals surface area contributed by atoms with Crippen molar-refractivity contribution in [3.63, 3.8) is 0 Å². The summed E-state index contributed by atoms with van der Waals surface area (Å²) in [6.45, 7) is 0. The Kier molecular flexibility index (Phi) is 0.938. The third-order valence-electron chi connectivity index (χ3n) is 2.05. The molecule has 70 valence electrons. The highest BCUT2D eigenvalue weighted by Crippen LogP contribution is 2.32. The van der Waals surface area contributed by atoms with Gasteiger partial charge < -0.3 is 4.42 Å². The van der Waals surface area contributed by atoms with Crippen LogP contribution in [0.4, 0.5) is 0 Å². The van der Waals surface area contributed by atoms with Gasteiger partial charge in [0.15, 0.2) is 0 Å². The summed E-state index contributed by atoms with van der Waals surface area (Å²) in [4.78, 5) is 0. The van der Waals surface area contributed by atoms with Crippen LogP contribution in [0, 0.1) is 0 Å². The number of rotatable bonds is 0. The van der Waals surface area contributed by atoms with E-state index in [1.807, 2.05) is 0 Å². The Bertz CT molecular complexity index is 861. The van der Waals surface area contributed by atoms with E-state index >= 15 is 0 Å². The third kappa shape index (κ3) is 1.25. The second kappa shape index (κ2) is 3.04. The summed E-state index contributed by atoms with van der Waals surface area (Å²) >= 11 is 6.05. The lowest BCUT2D eigenvalue weighted by molar-refractivity contribution is 0.669. The summed E-state index contributed by atoms with van der Waals surface area (Å²) in [5.41, 5.74) is -0.349. The fourth-order valence-corrected chi connectivity index (χ4v) is 1.65. The van der Waals surface area contributed by atoms with Gasteiger partial charge in [0.25, 0.3) is 0 Å². The lowest BCUT2D eigenvalue weighted by atomic mass is 9.95. The number of fused-ring (bicyclic) bond motifs is 3. The lowest BCUT2D eigenvalue weighted by Crippen LogP contribution is -1.98. The van der Waals surface area contributed by atoms with E-state index in [9.17, 15) is 0 Å². The summed E-state index contributed by atoms with van der Waals surface area (Å²) < 4.78 is 52.3. The van der Waals surface area contributed by atoms with E-state index in [1.165, 1.54) is 0 Å². The number of furan rings is 1. The smallest absolute Gasteiger partial charge is 0.136 e. The molecule has 1 heterocycles. The minimum Gasteiger partial charge on any atom is -0.456 e. The van der Waals surface area contributed by atoms with Gasteiger partial charge in [-0.3, -0.25) is 0 Å². The van der Waals surface area contributed by atoms with Crippen molar-refractivity contribution in [2.45, 2.75) is 0 Å². The van der Waals surface area contributed by atoms with Gasteiger partial charge >= 0.3 is 0 Å². The van der Waals surface area contributed by atoms with Gasteiger partial charge in [-0.1, -0.05) is 35.2 Å². The van der Waals surface area contributed by atoms with E-state index < -0.39 is 6.04 Å². The van der Waals surface area contributed by atoms with Gasteiger partial charge in [0.2, 0.25) is 0 Å². The molecule has 15 heavy (non-hydrogen) atoms. The number of hydrogen-bond acceptors (Lipinski definition) is 1. The van der Waals surface area contributed by atoms with Gasteiger partial charge in [0, 0.05) is 10.8 Å². The zero-order valence-corrected chi connectivity index (χ0v) is 8.12. The van der Waals surface area contributed by atoms with Crippen LogP contribution in [0.5, 0.6) is 0 Å². The second-order valence-corrected chi connectivity index (χ2v) is 3.37. The van der Waals surface area contributed by atoms with E-state index in [-0.39, 0.29) is 62.6 Å². The highest BCUT2D eigenvalue weighted by Gasteiger charge is 2.08. The molecule has 0 atom stereocenters. The standard InChI is InChI=1S/C12H6BClO/c13-7-4-5-8-11(6-7)15-10-3-1-2-9(14)12(8)10/h1-6H/i1D,2D,3D,4D,5D,6D. The molecule has 0 aliphatic rings. The molecule has 2 radical (unpaired) electrons. The van der Waals surface area contributed by atoms with E-state index in [2.05, 4.69) is 0 Å². The minimum absolute atomic E-state index is 0.0658. The van der Waals surface area contributed by atoms with Crippen molar-refractivity contribution in [2.24, 2.45) is 0 Å². The van der Waals surface area contributed by atoms with Crippen molar-refractivity contribution in [1.29, 1.82) is 0 Å². The maximum absolute atomic E-state index is 7.98. The first-order valence-electron chi connectivity index (χ1n) is 7.14. The van der Waals surface area contributed by atoms with Crippen molar-refractivity contribution in [3.05, 3.63) is 41.3 Å². The van der Waals surface area contributed by atoms with Crippen molar-refractivity contribution in [1.82, 2.24) is 0 Å². The highest BCUT2D eigenvalue weighted by atomic mass is 35.5. The van der Waals surface area contributed by atoms with Crippen LogP contribution in [-0.4, -0.2) is 7.85 Å². The molecule has 1 nitrogen and oxygen atoms in total. The molecule has 0 spiro atoms. The van der Waals surface area contributed by atoms with Gasteiger partial charge in [-0.15, -0.1) is 0 Å². The largest absolute Gasteiger partial charge is 0.456 e. The van der Waals surface area contributed by atoms with Crippen molar-refractivity contribution in [2.75, 3.05) is 0 Å². The third-order valence-corrected chi connectivity index (χ3v) is 2.33. The summed E-state index contributed by atoms with van der Waals surface area (Å²) in [7, 11) is 5.60. The first kappa shape index (κ1) is 4.62. The van der Waals surface area contributed by atoms with E-state index in [0.29, 0.717) is 0 Å². The second-order valence-electron chi connectivity index (χ2n) is 2.99. The Labute approximate surface area is 101 Å². The topological polar surface area (TPSA) is 13.1 Å². The molecule has 3 aromatic rings. The van der Waals surface area contributed by atoms with E-state index in [4.69, 9.17) is 32.1 Å². The van der Waals surface area contributed by atoms with E-state index in [1.54, 1.807) is 0 Å². The van der Waals surface area contributed by atoms with Crippen LogP contribution in [-0.2, 0) is 0 Å². The maximum atomic E-state index is 7.98. The Morgan fingerprint density at radius 1 is 1.20 bits per heavy atom. The molecule has 2 aromatic carbocycles. The van der Waals surface area contributed by atoms with Gasteiger partial charge in [0.1, 0.15) is 19.0 Å². The zero-order valence-electron chi connectivity index (χ0n) is 13.4. The molecular formula is C12H6BClO. The molecule has 0 saturated carbocycles. The van der Waals surface area contributed by atoms with Crippen LogP contribution in [0.1, 0.15) is 8.22 Å². The van der Waals surface area contributed by atoms with Gasteiger partial charge in [-0.05, 0) is 18.1 Å². The summed E-state index contributed by atoms with van der Waals surface area (Å²) in [5.74, 6) is 0. The summed E-state index contributed by atoms with van der Waals surface area (Å²) in [6.07, 6.45) is 0. The summed E-state index contributed by atoms with van der Waals surface area (Å²) in [5, 5.41) is 0.0349. The molecule has 0 saturated heterocycles. The normalized spacial score (nSPS) is 16.9. The molecule has 3 rings (SSSR count). The molecule has 3 heteroatoms. The number of hydrogen-bond donors (Lipinski definition) is 0. The van der Waals surface area contributed by atoms with Crippen LogP contribution < -0.4 is 5.46 Å². The van der Waals surface area contributed by atoms with Crippen molar-refractivity contribution < 1.29 is 12.6 Å². The minimum atomic E-state index is -0.399. The molecule has 0 aliphatic heterocycles. The quantitative estimate of drug-likeness (QED) is 0.529. The fourth-order valence-electron chi connectivity index (χ4n) is 1.42. The van der Waals surface area contributed by atoms with Crippen LogP contribution in [0.25, 0.3) is 21.9 Å². The molecule has 1 aromatic heterocycles. The van der Waals surface area contributed by atoms with Crippen LogP contribution in [0.3, 0.4) is 0 Å². The van der Waals surface area contributed by atoms with Gasteiger partial charge in [0.05, 0.1) is 13.2 Å². The van der Waals surface area contributed by atoms with Crippen molar-refractivity contribution >= 4 is 46.8 Å². The lowest BCUT2D eigenvalue weighted by Gasteiger charge is -1.93. The summed E-state index contributed by atoms with van der Waals surface area (Å²) in [6, 6.07) is -1.99. The molecule has 0 amide bonds. The average molecular weight is 218 g/mol. The van der Waals surface area contributed by atoms with Crippen LogP contribution in [0.15, 0.2) is 40.7 Å². The molecular weight excluding hydrogens is 206 g/mol. The zero-order chi connectivity index (χ0) is 15.6. The average Bonchev–Trinajstić information content (AvgIpc) is 2.87. The molecule has 0 bridgehead atoms. The van der Waals surface area contributed by atoms with Gasteiger partial charge in [-0.2, -0.15) is 0 Å². The van der Waals surface area contributed by atoms with E-state index in [0.717, 1.165) is 0 Å². The first-order valence-corrected chi connectivity index (χ1v) is 4.51. The first-order chi connectivity index (χ1) is 9.77. The maximum Gasteiger partial charge on any atom is 0.136 e. The predicted molar refractivity (Wildman–Crippen MR) is 64.1 cm³/mol. The number of benzene rings is 2. The molecule has 0 unspecified atom stereocenters. The predicted octanol–water partition coefficient (Wildman–Crippen LogP) is 3.03. The number of halogens is 1. The Morgan fingerprint density at radius 3 is 2.93 bits per heavy atom. The molecule has 0 fully saturated rings. The molecule has 0 N–H and O–H groups in total. The highest BCUT2D eigenvalue weighted by molar-refractivity contribution is 6.38. The Hall–Kier alpha value is -1.41. The van der Waals surface area contributed by atoms with Crippen molar-refractivity contribution in [3.8, 4) is 0 Å². The van der Waals surface area contributed by atoms with Gasteiger partial charge in [-0.25, -0.2) is 0 Å². The fraction of sp³-hybridized carbons (Fsp3) is 0. The Morgan fingerprint density at radius 2 is 2.07 bits per heavy atom. The monoisotopic (exact) mass is 218 g/mol. The SMILES string of the molecule is [2H]c1c([2H])c(Cl)c2c(oc3c([2H])c([B])c([2H])c([2H])c32)c1[2H]. The van der Waals surface area contributed by atoms with Crippen LogP contribution in [0.2, 0.25) is 5.02 Å². The Balaban J connectivity index is 2.73. The molecule has 0 aliphatic carbocycles.